The summed E-state index contributed by atoms with van der Waals surface area (Å²) in [6.07, 6.45) is 2.24. The minimum absolute atomic E-state index is 0.119. The standard InChI is InChI=1S/C22H27BrN2O2/c1-6-25-19-10-9-15(23)12-17(19)18(13-22(3,4)26)21(25)16-8-7-11-24-20(16)14(2)27-5/h7-12,14,26H,6,13H2,1-5H3. The number of aromatic nitrogens is 2. The number of benzene rings is 1. The van der Waals surface area contributed by atoms with Crippen molar-refractivity contribution in [3.63, 3.8) is 0 Å². The summed E-state index contributed by atoms with van der Waals surface area (Å²) in [5.74, 6) is 0. The van der Waals surface area contributed by atoms with E-state index >= 15 is 0 Å². The van der Waals surface area contributed by atoms with Gasteiger partial charge in [0.2, 0.25) is 0 Å². The van der Waals surface area contributed by atoms with Gasteiger partial charge in [-0.1, -0.05) is 15.9 Å². The zero-order valence-electron chi connectivity index (χ0n) is 16.6. The number of ether oxygens (including phenoxy) is 1. The number of fused-ring (bicyclic) bond motifs is 1. The first-order chi connectivity index (χ1) is 12.8. The summed E-state index contributed by atoms with van der Waals surface area (Å²) in [5, 5.41) is 11.8. The highest BCUT2D eigenvalue weighted by molar-refractivity contribution is 9.10. The summed E-state index contributed by atoms with van der Waals surface area (Å²) in [7, 11) is 1.70. The SMILES string of the molecule is CCn1c(-c2cccnc2C(C)OC)c(CC(C)(C)O)c2cc(Br)ccc21. The first-order valence-corrected chi connectivity index (χ1v) is 10.1. The van der Waals surface area contributed by atoms with Gasteiger partial charge in [0, 0.05) is 47.2 Å². The third-order valence-corrected chi connectivity index (χ3v) is 5.38. The van der Waals surface area contributed by atoms with Crippen molar-refractivity contribution in [2.24, 2.45) is 0 Å². The Labute approximate surface area is 169 Å². The van der Waals surface area contributed by atoms with Crippen LogP contribution in [0, 0.1) is 0 Å². The molecule has 1 N–H and O–H groups in total. The second kappa shape index (κ2) is 7.74. The molecular weight excluding hydrogens is 404 g/mol. The normalized spacial score (nSPS) is 13.3. The molecule has 5 heteroatoms. The molecule has 27 heavy (non-hydrogen) atoms. The van der Waals surface area contributed by atoms with Crippen LogP contribution in [0.4, 0.5) is 0 Å². The van der Waals surface area contributed by atoms with Crippen molar-refractivity contribution >= 4 is 26.8 Å². The first kappa shape index (κ1) is 20.1. The summed E-state index contributed by atoms with van der Waals surface area (Å²) < 4.78 is 8.92. The Bertz CT molecular complexity index is 957. The van der Waals surface area contributed by atoms with Crippen molar-refractivity contribution in [3.8, 4) is 11.3 Å². The fourth-order valence-electron chi connectivity index (χ4n) is 3.70. The molecule has 0 amide bonds. The Kier molecular flexibility index (Phi) is 5.75. The molecule has 1 aromatic carbocycles. The van der Waals surface area contributed by atoms with Crippen LogP contribution in [0.25, 0.3) is 22.2 Å². The molecule has 0 radical (unpaired) electrons. The average molecular weight is 431 g/mol. The van der Waals surface area contributed by atoms with Crippen LogP contribution in [-0.2, 0) is 17.7 Å². The molecule has 3 rings (SSSR count). The van der Waals surface area contributed by atoms with Crippen LogP contribution in [0.5, 0.6) is 0 Å². The number of nitrogens with zero attached hydrogens (tertiary/aromatic N) is 2. The third kappa shape index (κ3) is 3.96. The van der Waals surface area contributed by atoms with Crippen molar-refractivity contribution in [1.82, 2.24) is 9.55 Å². The number of aryl methyl sites for hydroxylation is 1. The molecular formula is C22H27BrN2O2. The molecule has 0 saturated carbocycles. The predicted molar refractivity (Wildman–Crippen MR) is 114 cm³/mol. The van der Waals surface area contributed by atoms with Crippen LogP contribution >= 0.6 is 15.9 Å². The molecule has 2 heterocycles. The number of methoxy groups -OCH3 is 1. The van der Waals surface area contributed by atoms with Crippen LogP contribution in [0.2, 0.25) is 0 Å². The van der Waals surface area contributed by atoms with Crippen LogP contribution in [0.3, 0.4) is 0 Å². The van der Waals surface area contributed by atoms with Gasteiger partial charge in [-0.15, -0.1) is 0 Å². The lowest BCUT2D eigenvalue weighted by atomic mass is 9.93. The highest BCUT2D eigenvalue weighted by Gasteiger charge is 2.26. The van der Waals surface area contributed by atoms with Crippen molar-refractivity contribution < 1.29 is 9.84 Å². The number of rotatable bonds is 6. The van der Waals surface area contributed by atoms with E-state index in [1.54, 1.807) is 13.3 Å². The van der Waals surface area contributed by atoms with E-state index in [2.05, 4.69) is 56.7 Å². The monoisotopic (exact) mass is 430 g/mol. The number of hydrogen-bond acceptors (Lipinski definition) is 3. The number of halogens is 1. The Morgan fingerprint density at radius 2 is 2.04 bits per heavy atom. The van der Waals surface area contributed by atoms with Gasteiger partial charge < -0.3 is 14.4 Å². The molecule has 0 bridgehead atoms. The van der Waals surface area contributed by atoms with E-state index in [-0.39, 0.29) is 6.10 Å². The lowest BCUT2D eigenvalue weighted by Crippen LogP contribution is -2.22. The van der Waals surface area contributed by atoms with Gasteiger partial charge in [-0.2, -0.15) is 0 Å². The van der Waals surface area contributed by atoms with E-state index in [1.807, 2.05) is 26.8 Å². The Morgan fingerprint density at radius 3 is 2.67 bits per heavy atom. The lowest BCUT2D eigenvalue weighted by Gasteiger charge is -2.21. The molecule has 0 fully saturated rings. The molecule has 4 nitrogen and oxygen atoms in total. The van der Waals surface area contributed by atoms with E-state index in [0.717, 1.165) is 44.4 Å². The van der Waals surface area contributed by atoms with Crippen LogP contribution < -0.4 is 0 Å². The van der Waals surface area contributed by atoms with Gasteiger partial charge >= 0.3 is 0 Å². The molecule has 1 atom stereocenters. The molecule has 2 aromatic heterocycles. The maximum Gasteiger partial charge on any atom is 0.0969 e. The zero-order valence-corrected chi connectivity index (χ0v) is 18.2. The Hall–Kier alpha value is -1.69. The van der Waals surface area contributed by atoms with Crippen LogP contribution in [-0.4, -0.2) is 27.4 Å². The van der Waals surface area contributed by atoms with E-state index in [0.29, 0.717) is 6.42 Å². The predicted octanol–water partition coefficient (Wildman–Crippen LogP) is 5.51. The summed E-state index contributed by atoms with van der Waals surface area (Å²) in [5.41, 5.74) is 4.56. The number of aliphatic hydroxyl groups is 1. The fraction of sp³-hybridized carbons (Fsp3) is 0.409. The smallest absolute Gasteiger partial charge is 0.0969 e. The molecule has 1 unspecified atom stereocenters. The summed E-state index contributed by atoms with van der Waals surface area (Å²) in [6.45, 7) is 8.69. The molecule has 3 aromatic rings. The average Bonchev–Trinajstić information content (AvgIpc) is 2.92. The van der Waals surface area contributed by atoms with Gasteiger partial charge in [-0.3, -0.25) is 4.98 Å². The second-order valence-electron chi connectivity index (χ2n) is 7.54. The van der Waals surface area contributed by atoms with E-state index in [4.69, 9.17) is 4.74 Å². The summed E-state index contributed by atoms with van der Waals surface area (Å²) in [4.78, 5) is 4.62. The van der Waals surface area contributed by atoms with E-state index < -0.39 is 5.60 Å². The third-order valence-electron chi connectivity index (χ3n) is 4.89. The Balaban J connectivity index is 2.40. The van der Waals surface area contributed by atoms with Crippen molar-refractivity contribution in [3.05, 3.63) is 52.3 Å². The highest BCUT2D eigenvalue weighted by atomic mass is 79.9. The van der Waals surface area contributed by atoms with Crippen molar-refractivity contribution in [1.29, 1.82) is 0 Å². The minimum Gasteiger partial charge on any atom is -0.390 e. The van der Waals surface area contributed by atoms with Gasteiger partial charge in [0.1, 0.15) is 0 Å². The van der Waals surface area contributed by atoms with Gasteiger partial charge in [-0.05, 0) is 63.6 Å². The minimum atomic E-state index is -0.820. The number of pyridine rings is 1. The molecule has 144 valence electrons. The number of hydrogen-bond donors (Lipinski definition) is 1. The molecule has 0 aliphatic heterocycles. The van der Waals surface area contributed by atoms with Crippen LogP contribution in [0.15, 0.2) is 41.0 Å². The molecule has 0 aliphatic rings. The first-order valence-electron chi connectivity index (χ1n) is 9.28. The summed E-state index contributed by atoms with van der Waals surface area (Å²) in [6, 6.07) is 10.4. The van der Waals surface area contributed by atoms with Gasteiger partial charge in [0.25, 0.3) is 0 Å². The topological polar surface area (TPSA) is 47.3 Å². The molecule has 0 aliphatic carbocycles. The Morgan fingerprint density at radius 1 is 1.30 bits per heavy atom. The van der Waals surface area contributed by atoms with E-state index in [9.17, 15) is 5.11 Å². The second-order valence-corrected chi connectivity index (χ2v) is 8.45. The van der Waals surface area contributed by atoms with Gasteiger partial charge in [0.15, 0.2) is 0 Å². The quantitative estimate of drug-likeness (QED) is 0.560. The van der Waals surface area contributed by atoms with Crippen molar-refractivity contribution in [2.45, 2.75) is 52.4 Å². The maximum absolute atomic E-state index is 10.6. The van der Waals surface area contributed by atoms with Gasteiger partial charge in [-0.25, -0.2) is 0 Å². The molecule has 0 saturated heterocycles. The van der Waals surface area contributed by atoms with Crippen LogP contribution in [0.1, 0.15) is 45.1 Å². The fourth-order valence-corrected chi connectivity index (χ4v) is 4.06. The largest absolute Gasteiger partial charge is 0.390 e. The van der Waals surface area contributed by atoms with Crippen molar-refractivity contribution in [2.75, 3.05) is 7.11 Å². The summed E-state index contributed by atoms with van der Waals surface area (Å²) >= 11 is 3.60. The highest BCUT2D eigenvalue weighted by Crippen LogP contribution is 2.39. The van der Waals surface area contributed by atoms with E-state index in [1.165, 1.54) is 0 Å². The zero-order chi connectivity index (χ0) is 19.8. The van der Waals surface area contributed by atoms with Gasteiger partial charge in [0.05, 0.1) is 23.1 Å². The molecule has 0 spiro atoms. The maximum atomic E-state index is 10.6. The lowest BCUT2D eigenvalue weighted by molar-refractivity contribution is 0.0814.